The van der Waals surface area contributed by atoms with Gasteiger partial charge >= 0.3 is 0 Å². The van der Waals surface area contributed by atoms with Gasteiger partial charge in [0, 0.05) is 22.2 Å². The highest BCUT2D eigenvalue weighted by Gasteiger charge is 2.17. The van der Waals surface area contributed by atoms with Gasteiger partial charge in [-0.1, -0.05) is 37.3 Å². The Morgan fingerprint density at radius 3 is 2.54 bits per heavy atom. The van der Waals surface area contributed by atoms with Crippen LogP contribution in [0.15, 0.2) is 36.4 Å². The van der Waals surface area contributed by atoms with Crippen molar-refractivity contribution < 1.29 is 14.3 Å². The Hall–Kier alpha value is -2.20. The van der Waals surface area contributed by atoms with Crippen LogP contribution in [0.5, 0.6) is 11.5 Å². The summed E-state index contributed by atoms with van der Waals surface area (Å²) in [4.78, 5) is 12.7. The van der Waals surface area contributed by atoms with Gasteiger partial charge in [0.1, 0.15) is 18.1 Å². The number of carbonyl (C=O) groups excluding carboxylic acids is 1. The molecule has 150 valence electrons. The summed E-state index contributed by atoms with van der Waals surface area (Å²) in [6.45, 7) is 2.25. The zero-order chi connectivity index (χ0) is 19.9. The van der Waals surface area contributed by atoms with Crippen LogP contribution in [0.3, 0.4) is 0 Å². The van der Waals surface area contributed by atoms with E-state index in [9.17, 15) is 4.79 Å². The number of hydrogen-bond acceptors (Lipinski definition) is 3. The number of ether oxygens (including phenoxy) is 2. The van der Waals surface area contributed by atoms with E-state index >= 15 is 0 Å². The minimum absolute atomic E-state index is 0.0295. The molecule has 1 saturated carbocycles. The van der Waals surface area contributed by atoms with Crippen LogP contribution < -0.4 is 14.8 Å². The summed E-state index contributed by atoms with van der Waals surface area (Å²) in [5.41, 5.74) is 2.43. The predicted molar refractivity (Wildman–Crippen MR) is 112 cm³/mol. The van der Waals surface area contributed by atoms with E-state index in [1.54, 1.807) is 13.2 Å². The van der Waals surface area contributed by atoms with Crippen molar-refractivity contribution in [2.24, 2.45) is 0 Å². The van der Waals surface area contributed by atoms with E-state index in [0.717, 1.165) is 29.7 Å². The van der Waals surface area contributed by atoms with E-state index in [2.05, 4.69) is 5.32 Å². The molecule has 28 heavy (non-hydrogen) atoms. The maximum absolute atomic E-state index is 12.7. The summed E-state index contributed by atoms with van der Waals surface area (Å²) in [5.74, 6) is 1.41. The second-order valence-corrected chi connectivity index (χ2v) is 7.80. The van der Waals surface area contributed by atoms with E-state index in [0.29, 0.717) is 22.9 Å². The summed E-state index contributed by atoms with van der Waals surface area (Å²) >= 11 is 6.07. The molecule has 0 spiro atoms. The van der Waals surface area contributed by atoms with Gasteiger partial charge in [-0.3, -0.25) is 4.79 Å². The van der Waals surface area contributed by atoms with Crippen molar-refractivity contribution in [3.63, 3.8) is 0 Å². The third kappa shape index (κ3) is 5.41. The molecule has 0 heterocycles. The number of hydrogen-bond donors (Lipinski definition) is 1. The summed E-state index contributed by atoms with van der Waals surface area (Å²) < 4.78 is 11.3. The van der Waals surface area contributed by atoms with Gasteiger partial charge in [-0.15, -0.1) is 0 Å². The zero-order valence-electron chi connectivity index (χ0n) is 16.6. The predicted octanol–water partition coefficient (Wildman–Crippen LogP) is 5.69. The van der Waals surface area contributed by atoms with Crippen molar-refractivity contribution in [3.05, 3.63) is 58.1 Å². The van der Waals surface area contributed by atoms with Gasteiger partial charge in [0.2, 0.25) is 0 Å². The van der Waals surface area contributed by atoms with Crippen LogP contribution in [0.25, 0.3) is 0 Å². The molecule has 1 amide bonds. The number of nitrogens with one attached hydrogen (secondary N) is 1. The van der Waals surface area contributed by atoms with Crippen LogP contribution in [0.4, 0.5) is 0 Å². The van der Waals surface area contributed by atoms with E-state index in [1.165, 1.54) is 25.7 Å². The fourth-order valence-electron chi connectivity index (χ4n) is 3.59. The molecule has 1 aliphatic rings. The highest BCUT2D eigenvalue weighted by molar-refractivity contribution is 6.31. The zero-order valence-corrected chi connectivity index (χ0v) is 17.3. The molecule has 1 aliphatic carbocycles. The molecule has 0 radical (unpaired) electrons. The third-order valence-electron chi connectivity index (χ3n) is 5.26. The monoisotopic (exact) mass is 401 g/mol. The third-order valence-corrected chi connectivity index (χ3v) is 5.68. The number of rotatable bonds is 6. The fourth-order valence-corrected chi connectivity index (χ4v) is 3.71. The Bertz CT molecular complexity index is 813. The lowest BCUT2D eigenvalue weighted by Gasteiger charge is -2.17. The van der Waals surface area contributed by atoms with Crippen molar-refractivity contribution in [2.75, 3.05) is 7.11 Å². The number of carbonyl (C=O) groups is 1. The highest BCUT2D eigenvalue weighted by Crippen LogP contribution is 2.25. The molecule has 3 rings (SSSR count). The molecule has 1 N–H and O–H groups in total. The van der Waals surface area contributed by atoms with E-state index < -0.39 is 0 Å². The Kier molecular flexibility index (Phi) is 7.21. The normalized spacial score (nSPS) is 15.0. The van der Waals surface area contributed by atoms with Crippen LogP contribution in [0.1, 0.15) is 60.0 Å². The van der Waals surface area contributed by atoms with Gasteiger partial charge in [0.15, 0.2) is 0 Å². The Morgan fingerprint density at radius 2 is 1.86 bits per heavy atom. The Labute approximate surface area is 172 Å². The first-order valence-corrected chi connectivity index (χ1v) is 10.3. The van der Waals surface area contributed by atoms with Crippen molar-refractivity contribution in [2.45, 2.75) is 58.1 Å². The van der Waals surface area contributed by atoms with Crippen molar-refractivity contribution in [1.29, 1.82) is 0 Å². The minimum Gasteiger partial charge on any atom is -0.496 e. The smallest absolute Gasteiger partial charge is 0.251 e. The van der Waals surface area contributed by atoms with Gasteiger partial charge in [0.25, 0.3) is 5.91 Å². The lowest BCUT2D eigenvalue weighted by molar-refractivity contribution is 0.0933. The molecule has 0 saturated heterocycles. The van der Waals surface area contributed by atoms with Gasteiger partial charge in [-0.05, 0) is 61.7 Å². The van der Waals surface area contributed by atoms with Crippen molar-refractivity contribution >= 4 is 17.5 Å². The van der Waals surface area contributed by atoms with E-state index in [-0.39, 0.29) is 11.9 Å². The summed E-state index contributed by atoms with van der Waals surface area (Å²) in [6.07, 6.45) is 7.03. The number of halogens is 1. The first-order valence-electron chi connectivity index (χ1n) is 9.93. The largest absolute Gasteiger partial charge is 0.496 e. The number of amides is 1. The molecule has 0 aromatic heterocycles. The van der Waals surface area contributed by atoms with Crippen LogP contribution in [0.2, 0.25) is 5.02 Å². The average molecular weight is 402 g/mol. The molecular formula is C23H28ClNO3. The quantitative estimate of drug-likeness (QED) is 0.632. The van der Waals surface area contributed by atoms with Crippen LogP contribution >= 0.6 is 11.6 Å². The first-order chi connectivity index (χ1) is 13.6. The lowest BCUT2D eigenvalue weighted by Crippen LogP contribution is -2.34. The molecule has 1 fully saturated rings. The maximum Gasteiger partial charge on any atom is 0.251 e. The SMILES string of the molecule is COc1ccc(C(=O)NC2CCCCCC2)cc1COc1ccc(Cl)c(C)c1. The molecule has 5 heteroatoms. The van der Waals surface area contributed by atoms with Gasteiger partial charge < -0.3 is 14.8 Å². The molecule has 2 aromatic rings. The van der Waals surface area contributed by atoms with E-state index in [4.69, 9.17) is 21.1 Å². The molecule has 4 nitrogen and oxygen atoms in total. The Morgan fingerprint density at radius 1 is 1.11 bits per heavy atom. The van der Waals surface area contributed by atoms with E-state index in [1.807, 2.05) is 37.3 Å². The van der Waals surface area contributed by atoms with Crippen molar-refractivity contribution in [1.82, 2.24) is 5.32 Å². The molecule has 0 atom stereocenters. The van der Waals surface area contributed by atoms with Gasteiger partial charge in [-0.2, -0.15) is 0 Å². The molecule has 0 unspecified atom stereocenters. The van der Waals surface area contributed by atoms with Crippen LogP contribution in [-0.4, -0.2) is 19.1 Å². The van der Waals surface area contributed by atoms with Crippen LogP contribution in [-0.2, 0) is 6.61 Å². The molecular weight excluding hydrogens is 374 g/mol. The van der Waals surface area contributed by atoms with Gasteiger partial charge in [0.05, 0.1) is 7.11 Å². The number of benzene rings is 2. The summed E-state index contributed by atoms with van der Waals surface area (Å²) in [6, 6.07) is 11.3. The second kappa shape index (κ2) is 9.83. The van der Waals surface area contributed by atoms with Crippen LogP contribution in [0, 0.1) is 6.92 Å². The van der Waals surface area contributed by atoms with Gasteiger partial charge in [-0.25, -0.2) is 0 Å². The minimum atomic E-state index is -0.0295. The average Bonchev–Trinajstić information content (AvgIpc) is 2.97. The maximum atomic E-state index is 12.7. The number of methoxy groups -OCH3 is 1. The fraction of sp³-hybridized carbons (Fsp3) is 0.435. The molecule has 2 aromatic carbocycles. The molecule has 0 bridgehead atoms. The topological polar surface area (TPSA) is 47.6 Å². The standard InChI is InChI=1S/C23H28ClNO3/c1-16-13-20(10-11-21(16)24)28-15-18-14-17(9-12-22(18)27-2)23(26)25-19-7-5-3-4-6-8-19/h9-14,19H,3-8,15H2,1-2H3,(H,25,26). The Balaban J connectivity index is 1.69. The van der Waals surface area contributed by atoms with Crippen molar-refractivity contribution in [3.8, 4) is 11.5 Å². The second-order valence-electron chi connectivity index (χ2n) is 7.39. The highest BCUT2D eigenvalue weighted by atomic mass is 35.5. The summed E-state index contributed by atoms with van der Waals surface area (Å²) in [5, 5.41) is 3.90. The first kappa shape index (κ1) is 20.5. The molecule has 0 aliphatic heterocycles. The summed E-state index contributed by atoms with van der Waals surface area (Å²) in [7, 11) is 1.62. The number of aryl methyl sites for hydroxylation is 1. The lowest BCUT2D eigenvalue weighted by atomic mass is 10.1.